The van der Waals surface area contributed by atoms with Crippen molar-refractivity contribution in [3.05, 3.63) is 52.9 Å². The highest BCUT2D eigenvalue weighted by atomic mass is 35.5. The highest BCUT2D eigenvalue weighted by Gasteiger charge is 2.22. The van der Waals surface area contributed by atoms with E-state index in [1.807, 2.05) is 24.3 Å². The van der Waals surface area contributed by atoms with Crippen molar-refractivity contribution < 1.29 is 9.59 Å². The molecule has 136 valence electrons. The number of nitrogens with one attached hydrogen (secondary N) is 1. The number of hydrogen-bond donors (Lipinski definition) is 1. The third-order valence-corrected chi connectivity index (χ3v) is 4.47. The summed E-state index contributed by atoms with van der Waals surface area (Å²) in [6.07, 6.45) is 4.67. The lowest BCUT2D eigenvalue weighted by atomic mass is 10.1. The normalized spacial score (nSPS) is 14.2. The van der Waals surface area contributed by atoms with E-state index in [0.29, 0.717) is 44.2 Å². The van der Waals surface area contributed by atoms with Gasteiger partial charge in [-0.2, -0.15) is 0 Å². The van der Waals surface area contributed by atoms with E-state index in [9.17, 15) is 9.59 Å². The van der Waals surface area contributed by atoms with E-state index in [1.165, 1.54) is 6.20 Å². The topological polar surface area (TPSA) is 78.4 Å². The number of carbonyl (C=O) groups excluding carboxylic acids is 2. The van der Waals surface area contributed by atoms with Crippen LogP contribution in [-0.4, -0.2) is 64.8 Å². The Morgan fingerprint density at radius 1 is 1.19 bits per heavy atom. The van der Waals surface area contributed by atoms with Gasteiger partial charge < -0.3 is 15.1 Å². The molecule has 2 amide bonds. The van der Waals surface area contributed by atoms with Gasteiger partial charge in [0.1, 0.15) is 11.5 Å². The molecule has 1 aromatic carbocycles. The molecule has 0 spiro atoms. The SMILES string of the molecule is O=CN1CCN(C(=O)c2cnc(NCCc3cccc(Cl)c3)cn2)CC1. The number of aromatic nitrogens is 2. The molecule has 1 aromatic heterocycles. The van der Waals surface area contributed by atoms with E-state index in [2.05, 4.69) is 15.3 Å². The van der Waals surface area contributed by atoms with Crippen LogP contribution in [0.25, 0.3) is 0 Å². The van der Waals surface area contributed by atoms with Gasteiger partial charge in [0.2, 0.25) is 6.41 Å². The van der Waals surface area contributed by atoms with Crippen LogP contribution < -0.4 is 5.32 Å². The molecule has 1 aliphatic heterocycles. The van der Waals surface area contributed by atoms with Crippen molar-refractivity contribution in [2.45, 2.75) is 6.42 Å². The molecule has 1 aliphatic rings. The lowest BCUT2D eigenvalue weighted by Gasteiger charge is -2.32. The van der Waals surface area contributed by atoms with Crippen LogP contribution in [0, 0.1) is 0 Å². The molecule has 1 N–H and O–H groups in total. The molecular formula is C18H20ClN5O2. The Morgan fingerprint density at radius 3 is 2.65 bits per heavy atom. The maximum absolute atomic E-state index is 12.4. The van der Waals surface area contributed by atoms with E-state index in [0.717, 1.165) is 23.4 Å². The Labute approximate surface area is 157 Å². The first-order valence-electron chi connectivity index (χ1n) is 8.44. The zero-order valence-electron chi connectivity index (χ0n) is 14.3. The molecule has 8 heteroatoms. The number of halogens is 1. The van der Waals surface area contributed by atoms with E-state index >= 15 is 0 Å². The van der Waals surface area contributed by atoms with Crippen LogP contribution in [0.3, 0.4) is 0 Å². The Bertz CT molecular complexity index is 760. The predicted molar refractivity (Wildman–Crippen MR) is 99.2 cm³/mol. The van der Waals surface area contributed by atoms with Crippen LogP contribution >= 0.6 is 11.6 Å². The molecule has 2 aromatic rings. The molecule has 1 saturated heterocycles. The van der Waals surface area contributed by atoms with E-state index < -0.39 is 0 Å². The summed E-state index contributed by atoms with van der Waals surface area (Å²) in [5, 5.41) is 3.91. The number of nitrogens with zero attached hydrogens (tertiary/aromatic N) is 4. The summed E-state index contributed by atoms with van der Waals surface area (Å²) in [5.41, 5.74) is 1.45. The lowest BCUT2D eigenvalue weighted by Crippen LogP contribution is -2.48. The molecule has 0 saturated carbocycles. The fourth-order valence-electron chi connectivity index (χ4n) is 2.75. The molecular weight excluding hydrogens is 354 g/mol. The van der Waals surface area contributed by atoms with Gasteiger partial charge in [0.25, 0.3) is 5.91 Å². The van der Waals surface area contributed by atoms with Gasteiger partial charge in [-0.1, -0.05) is 23.7 Å². The number of piperazine rings is 1. The van der Waals surface area contributed by atoms with Gasteiger partial charge in [0, 0.05) is 37.7 Å². The first-order chi connectivity index (χ1) is 12.7. The van der Waals surface area contributed by atoms with Gasteiger partial charge in [0.05, 0.1) is 12.4 Å². The molecule has 7 nitrogen and oxygen atoms in total. The van der Waals surface area contributed by atoms with Gasteiger partial charge in [0.15, 0.2) is 0 Å². The van der Waals surface area contributed by atoms with Crippen molar-refractivity contribution in [3.63, 3.8) is 0 Å². The third-order valence-electron chi connectivity index (χ3n) is 4.23. The predicted octanol–water partition coefficient (Wildman–Crippen LogP) is 1.70. The minimum absolute atomic E-state index is 0.159. The summed E-state index contributed by atoms with van der Waals surface area (Å²) in [4.78, 5) is 35.0. The average Bonchev–Trinajstić information content (AvgIpc) is 2.68. The van der Waals surface area contributed by atoms with Gasteiger partial charge >= 0.3 is 0 Å². The Morgan fingerprint density at radius 2 is 2.00 bits per heavy atom. The van der Waals surface area contributed by atoms with Crippen LogP contribution in [-0.2, 0) is 11.2 Å². The van der Waals surface area contributed by atoms with Gasteiger partial charge in [-0.05, 0) is 24.1 Å². The highest BCUT2D eigenvalue weighted by Crippen LogP contribution is 2.12. The van der Waals surface area contributed by atoms with Gasteiger partial charge in [-0.3, -0.25) is 9.59 Å². The van der Waals surface area contributed by atoms with Gasteiger partial charge in [-0.15, -0.1) is 0 Å². The molecule has 26 heavy (non-hydrogen) atoms. The maximum atomic E-state index is 12.4. The zero-order valence-corrected chi connectivity index (χ0v) is 15.0. The average molecular weight is 374 g/mol. The second-order valence-corrected chi connectivity index (χ2v) is 6.46. The van der Waals surface area contributed by atoms with Crippen LogP contribution in [0.5, 0.6) is 0 Å². The molecule has 0 atom stereocenters. The molecule has 0 aliphatic carbocycles. The standard InChI is InChI=1S/C18H20ClN5O2/c19-15-3-1-2-14(10-15)4-5-20-17-12-21-16(11-22-17)18(26)24-8-6-23(13-25)7-9-24/h1-3,10-13H,4-9H2,(H,20,22). The monoisotopic (exact) mass is 373 g/mol. The van der Waals surface area contributed by atoms with E-state index in [-0.39, 0.29) is 5.91 Å². The molecule has 2 heterocycles. The third kappa shape index (κ3) is 4.70. The van der Waals surface area contributed by atoms with E-state index in [4.69, 9.17) is 11.6 Å². The summed E-state index contributed by atoms with van der Waals surface area (Å²) < 4.78 is 0. The summed E-state index contributed by atoms with van der Waals surface area (Å²) in [6.45, 7) is 2.81. The second kappa shape index (κ2) is 8.62. The Balaban J connectivity index is 1.50. The summed E-state index contributed by atoms with van der Waals surface area (Å²) >= 11 is 5.97. The number of carbonyl (C=O) groups is 2. The molecule has 0 unspecified atom stereocenters. The minimum atomic E-state index is -0.159. The van der Waals surface area contributed by atoms with Crippen molar-refractivity contribution in [1.29, 1.82) is 0 Å². The van der Waals surface area contributed by atoms with Crippen LogP contribution in [0.4, 0.5) is 5.82 Å². The zero-order chi connectivity index (χ0) is 18.4. The first kappa shape index (κ1) is 18.1. The number of rotatable bonds is 6. The quantitative estimate of drug-likeness (QED) is 0.780. The molecule has 0 radical (unpaired) electrons. The van der Waals surface area contributed by atoms with Crippen LogP contribution in [0.2, 0.25) is 5.02 Å². The second-order valence-electron chi connectivity index (χ2n) is 6.03. The number of hydrogen-bond acceptors (Lipinski definition) is 5. The van der Waals surface area contributed by atoms with Gasteiger partial charge in [-0.25, -0.2) is 9.97 Å². The van der Waals surface area contributed by atoms with Crippen LogP contribution in [0.1, 0.15) is 16.1 Å². The maximum Gasteiger partial charge on any atom is 0.274 e. The van der Waals surface area contributed by atoms with Crippen molar-refractivity contribution in [2.75, 3.05) is 38.0 Å². The Hall–Kier alpha value is -2.67. The number of anilines is 1. The molecule has 3 rings (SSSR count). The van der Waals surface area contributed by atoms with Crippen molar-refractivity contribution in [1.82, 2.24) is 19.8 Å². The summed E-state index contributed by atoms with van der Waals surface area (Å²) in [6, 6.07) is 7.72. The fraction of sp³-hybridized carbons (Fsp3) is 0.333. The first-order valence-corrected chi connectivity index (χ1v) is 8.82. The van der Waals surface area contributed by atoms with E-state index in [1.54, 1.807) is 16.0 Å². The van der Waals surface area contributed by atoms with Crippen molar-refractivity contribution in [2.24, 2.45) is 0 Å². The Kier molecular flexibility index (Phi) is 6.01. The smallest absolute Gasteiger partial charge is 0.274 e. The van der Waals surface area contributed by atoms with Crippen molar-refractivity contribution >= 4 is 29.7 Å². The highest BCUT2D eigenvalue weighted by molar-refractivity contribution is 6.30. The fourth-order valence-corrected chi connectivity index (χ4v) is 2.96. The lowest BCUT2D eigenvalue weighted by molar-refractivity contribution is -0.119. The summed E-state index contributed by atoms with van der Waals surface area (Å²) in [5.74, 6) is 0.461. The largest absolute Gasteiger partial charge is 0.368 e. The molecule has 1 fully saturated rings. The minimum Gasteiger partial charge on any atom is -0.368 e. The van der Waals surface area contributed by atoms with Crippen molar-refractivity contribution in [3.8, 4) is 0 Å². The number of amides is 2. The summed E-state index contributed by atoms with van der Waals surface area (Å²) in [7, 11) is 0. The molecule has 0 bridgehead atoms. The van der Waals surface area contributed by atoms with Crippen LogP contribution in [0.15, 0.2) is 36.7 Å². The number of benzene rings is 1.